The molecule has 4 nitrogen and oxygen atoms in total. The Balaban J connectivity index is 1.85. The van der Waals surface area contributed by atoms with Gasteiger partial charge in [0.2, 0.25) is 0 Å². The zero-order valence-electron chi connectivity index (χ0n) is 12.5. The fraction of sp³-hybridized carbons (Fsp3) is 0.625. The summed E-state index contributed by atoms with van der Waals surface area (Å²) in [5, 5.41) is 3.61. The lowest BCUT2D eigenvalue weighted by atomic mass is 9.79. The molecule has 0 radical (unpaired) electrons. The Morgan fingerprint density at radius 2 is 2.05 bits per heavy atom. The molecule has 0 bridgehead atoms. The van der Waals surface area contributed by atoms with Crippen molar-refractivity contribution in [2.45, 2.75) is 31.7 Å². The Morgan fingerprint density at radius 1 is 1.30 bits per heavy atom. The van der Waals surface area contributed by atoms with E-state index in [-0.39, 0.29) is 5.41 Å². The van der Waals surface area contributed by atoms with Crippen LogP contribution in [0.1, 0.15) is 25.8 Å². The van der Waals surface area contributed by atoms with Crippen LogP contribution >= 0.6 is 0 Å². The molecule has 0 aromatic heterocycles. The van der Waals surface area contributed by atoms with E-state index in [1.54, 1.807) is 0 Å². The highest BCUT2D eigenvalue weighted by atomic mass is 16.5. The van der Waals surface area contributed by atoms with E-state index < -0.39 is 0 Å². The summed E-state index contributed by atoms with van der Waals surface area (Å²) in [7, 11) is 0. The number of ether oxygens (including phenoxy) is 1. The van der Waals surface area contributed by atoms with Gasteiger partial charge in [-0.3, -0.25) is 4.90 Å². The van der Waals surface area contributed by atoms with Crippen molar-refractivity contribution in [3.8, 4) is 0 Å². The smallest absolute Gasteiger partial charge is 0.0594 e. The molecule has 0 saturated carbocycles. The molecule has 1 fully saturated rings. The fourth-order valence-electron chi connectivity index (χ4n) is 3.50. The molecule has 20 heavy (non-hydrogen) atoms. The lowest BCUT2D eigenvalue weighted by Crippen LogP contribution is -2.47. The van der Waals surface area contributed by atoms with Gasteiger partial charge in [-0.25, -0.2) is 0 Å². The van der Waals surface area contributed by atoms with Crippen molar-refractivity contribution in [1.29, 1.82) is 0 Å². The van der Waals surface area contributed by atoms with E-state index in [0.717, 1.165) is 45.0 Å². The maximum Gasteiger partial charge on any atom is 0.0594 e. The first kappa shape index (κ1) is 13.7. The van der Waals surface area contributed by atoms with Gasteiger partial charge in [-0.05, 0) is 29.5 Å². The third kappa shape index (κ3) is 2.63. The van der Waals surface area contributed by atoms with Gasteiger partial charge in [0, 0.05) is 37.1 Å². The molecule has 2 aliphatic rings. The second-order valence-corrected chi connectivity index (χ2v) is 6.58. The minimum atomic E-state index is 0.162. The van der Waals surface area contributed by atoms with Crippen molar-refractivity contribution in [3.63, 3.8) is 0 Å². The molecule has 1 aromatic carbocycles. The van der Waals surface area contributed by atoms with Crippen LogP contribution in [0.3, 0.4) is 0 Å². The van der Waals surface area contributed by atoms with Gasteiger partial charge in [-0.15, -0.1) is 0 Å². The van der Waals surface area contributed by atoms with Crippen LogP contribution in [0.2, 0.25) is 0 Å². The standard InChI is InChI=1S/C16H25N3O/c1-16(2)10-13(19-5-7-20-8-6-19)11-18-15-9-12(17)3-4-14(15)16/h3-4,9,13,18H,5-8,10-11,17H2,1-2H3. The summed E-state index contributed by atoms with van der Waals surface area (Å²) in [6, 6.07) is 6.82. The number of morpholine rings is 1. The Kier molecular flexibility index (Phi) is 3.61. The molecule has 1 atom stereocenters. The number of fused-ring (bicyclic) bond motifs is 1. The van der Waals surface area contributed by atoms with E-state index in [2.05, 4.69) is 36.2 Å². The first-order valence-electron chi connectivity index (χ1n) is 7.52. The first-order chi connectivity index (χ1) is 9.56. The molecule has 3 N–H and O–H groups in total. The first-order valence-corrected chi connectivity index (χ1v) is 7.52. The summed E-state index contributed by atoms with van der Waals surface area (Å²) >= 11 is 0. The molecule has 3 rings (SSSR count). The van der Waals surface area contributed by atoms with Gasteiger partial charge in [0.1, 0.15) is 0 Å². The topological polar surface area (TPSA) is 50.5 Å². The summed E-state index contributed by atoms with van der Waals surface area (Å²) in [5.74, 6) is 0. The predicted octanol–water partition coefficient (Wildman–Crippen LogP) is 2.06. The molecule has 0 spiro atoms. The van der Waals surface area contributed by atoms with Crippen molar-refractivity contribution in [2.75, 3.05) is 43.9 Å². The number of anilines is 2. The molecule has 0 amide bonds. The SMILES string of the molecule is CC1(C)CC(N2CCOCC2)CNc2cc(N)ccc21. The molecule has 1 unspecified atom stereocenters. The number of hydrogen-bond acceptors (Lipinski definition) is 4. The van der Waals surface area contributed by atoms with Gasteiger partial charge in [-0.1, -0.05) is 19.9 Å². The number of hydrogen-bond donors (Lipinski definition) is 2. The van der Waals surface area contributed by atoms with E-state index in [0.29, 0.717) is 6.04 Å². The minimum absolute atomic E-state index is 0.162. The van der Waals surface area contributed by atoms with E-state index in [1.807, 2.05) is 6.07 Å². The Hall–Kier alpha value is -1.26. The number of nitrogens with one attached hydrogen (secondary N) is 1. The molecule has 1 aromatic rings. The van der Waals surface area contributed by atoms with Crippen molar-refractivity contribution < 1.29 is 4.74 Å². The minimum Gasteiger partial charge on any atom is -0.399 e. The fourth-order valence-corrected chi connectivity index (χ4v) is 3.50. The van der Waals surface area contributed by atoms with Crippen LogP contribution in [-0.4, -0.2) is 43.8 Å². The van der Waals surface area contributed by atoms with Crippen LogP contribution in [0.15, 0.2) is 18.2 Å². The quantitative estimate of drug-likeness (QED) is 0.770. The highest BCUT2D eigenvalue weighted by Gasteiger charge is 2.33. The number of rotatable bonds is 1. The van der Waals surface area contributed by atoms with E-state index in [4.69, 9.17) is 10.5 Å². The van der Waals surface area contributed by atoms with Crippen LogP contribution in [0.5, 0.6) is 0 Å². The van der Waals surface area contributed by atoms with Crippen molar-refractivity contribution >= 4 is 11.4 Å². The average Bonchev–Trinajstić information content (AvgIpc) is 2.56. The van der Waals surface area contributed by atoms with Crippen molar-refractivity contribution in [1.82, 2.24) is 4.90 Å². The van der Waals surface area contributed by atoms with Crippen LogP contribution < -0.4 is 11.1 Å². The molecule has 110 valence electrons. The maximum absolute atomic E-state index is 5.93. The molecule has 4 heteroatoms. The van der Waals surface area contributed by atoms with Gasteiger partial charge < -0.3 is 15.8 Å². The number of nitrogens with two attached hydrogens (primary N) is 1. The second-order valence-electron chi connectivity index (χ2n) is 6.58. The average molecular weight is 275 g/mol. The zero-order valence-corrected chi connectivity index (χ0v) is 12.5. The molecular formula is C16H25N3O. The zero-order chi connectivity index (χ0) is 14.2. The van der Waals surface area contributed by atoms with Crippen LogP contribution in [-0.2, 0) is 10.2 Å². The van der Waals surface area contributed by atoms with Gasteiger partial charge in [0.15, 0.2) is 0 Å². The summed E-state index contributed by atoms with van der Waals surface area (Å²) in [6.07, 6.45) is 1.16. The van der Waals surface area contributed by atoms with E-state index in [9.17, 15) is 0 Å². The summed E-state index contributed by atoms with van der Waals surface area (Å²) < 4.78 is 5.47. The normalized spacial score (nSPS) is 26.4. The highest BCUT2D eigenvalue weighted by molar-refractivity contribution is 5.62. The lowest BCUT2D eigenvalue weighted by Gasteiger charge is -2.37. The summed E-state index contributed by atoms with van der Waals surface area (Å²) in [4.78, 5) is 2.56. The number of benzene rings is 1. The molecule has 0 aliphatic carbocycles. The molecule has 1 saturated heterocycles. The largest absolute Gasteiger partial charge is 0.399 e. The van der Waals surface area contributed by atoms with Crippen molar-refractivity contribution in [2.24, 2.45) is 0 Å². The number of nitrogen functional groups attached to an aromatic ring is 1. The molecule has 2 heterocycles. The van der Waals surface area contributed by atoms with E-state index >= 15 is 0 Å². The van der Waals surface area contributed by atoms with Crippen LogP contribution in [0.25, 0.3) is 0 Å². The summed E-state index contributed by atoms with van der Waals surface area (Å²) in [5.41, 5.74) is 9.50. The van der Waals surface area contributed by atoms with E-state index in [1.165, 1.54) is 11.3 Å². The second kappa shape index (κ2) is 5.26. The lowest BCUT2D eigenvalue weighted by molar-refractivity contribution is 0.0141. The molecule has 2 aliphatic heterocycles. The van der Waals surface area contributed by atoms with Gasteiger partial charge in [0.25, 0.3) is 0 Å². The van der Waals surface area contributed by atoms with Crippen LogP contribution in [0.4, 0.5) is 11.4 Å². The monoisotopic (exact) mass is 275 g/mol. The Bertz CT molecular complexity index is 481. The Morgan fingerprint density at radius 3 is 2.80 bits per heavy atom. The Labute approximate surface area is 121 Å². The van der Waals surface area contributed by atoms with Crippen molar-refractivity contribution in [3.05, 3.63) is 23.8 Å². The highest BCUT2D eigenvalue weighted by Crippen LogP contribution is 2.38. The van der Waals surface area contributed by atoms with Crippen LogP contribution in [0, 0.1) is 0 Å². The third-order valence-corrected chi connectivity index (χ3v) is 4.61. The van der Waals surface area contributed by atoms with Gasteiger partial charge in [0.05, 0.1) is 13.2 Å². The number of nitrogens with zero attached hydrogens (tertiary/aromatic N) is 1. The van der Waals surface area contributed by atoms with Gasteiger partial charge >= 0.3 is 0 Å². The third-order valence-electron chi connectivity index (χ3n) is 4.61. The predicted molar refractivity (Wildman–Crippen MR) is 83.2 cm³/mol. The van der Waals surface area contributed by atoms with Gasteiger partial charge in [-0.2, -0.15) is 0 Å². The summed E-state index contributed by atoms with van der Waals surface area (Å²) in [6.45, 7) is 9.46. The molecular weight excluding hydrogens is 250 g/mol. The maximum atomic E-state index is 5.93.